The van der Waals surface area contributed by atoms with Crippen molar-refractivity contribution in [3.8, 4) is 0 Å². The van der Waals surface area contributed by atoms with E-state index in [1.165, 1.54) is 4.88 Å². The number of benzene rings is 1. The highest BCUT2D eigenvalue weighted by atomic mass is 79.9. The standard InChI is InChI=1S/C14H15BrN2OS/c1-9-14(19-8-16-9)7-17(3)13-5-4-11(10(2)18)6-12(13)15/h4-6,8H,7H2,1-3H3. The number of halogens is 1. The largest absolute Gasteiger partial charge is 0.368 e. The fourth-order valence-electron chi connectivity index (χ4n) is 1.81. The van der Waals surface area contributed by atoms with E-state index in [1.807, 2.05) is 37.7 Å². The molecule has 19 heavy (non-hydrogen) atoms. The molecule has 1 heterocycles. The smallest absolute Gasteiger partial charge is 0.159 e. The van der Waals surface area contributed by atoms with E-state index in [2.05, 4.69) is 25.8 Å². The minimum atomic E-state index is 0.0770. The summed E-state index contributed by atoms with van der Waals surface area (Å²) in [5.74, 6) is 0.0770. The molecule has 0 spiro atoms. The number of carbonyl (C=O) groups excluding carboxylic acids is 1. The third kappa shape index (κ3) is 3.22. The van der Waals surface area contributed by atoms with Crippen molar-refractivity contribution in [2.45, 2.75) is 20.4 Å². The van der Waals surface area contributed by atoms with Crippen LogP contribution in [0, 0.1) is 6.92 Å². The number of hydrogen-bond donors (Lipinski definition) is 0. The summed E-state index contributed by atoms with van der Waals surface area (Å²) in [5.41, 5.74) is 4.73. The molecule has 0 radical (unpaired) electrons. The van der Waals surface area contributed by atoms with Crippen LogP contribution >= 0.6 is 27.3 Å². The summed E-state index contributed by atoms with van der Waals surface area (Å²) in [7, 11) is 2.03. The maximum atomic E-state index is 11.3. The molecule has 0 aliphatic rings. The van der Waals surface area contributed by atoms with E-state index >= 15 is 0 Å². The summed E-state index contributed by atoms with van der Waals surface area (Å²) in [6.45, 7) is 4.41. The quantitative estimate of drug-likeness (QED) is 0.788. The van der Waals surface area contributed by atoms with Gasteiger partial charge in [-0.05, 0) is 48.0 Å². The highest BCUT2D eigenvalue weighted by Crippen LogP contribution is 2.28. The summed E-state index contributed by atoms with van der Waals surface area (Å²) >= 11 is 5.20. The summed E-state index contributed by atoms with van der Waals surface area (Å²) < 4.78 is 0.935. The second-order valence-electron chi connectivity index (χ2n) is 4.44. The molecule has 5 heteroatoms. The summed E-state index contributed by atoms with van der Waals surface area (Å²) in [4.78, 5) is 19.0. The zero-order valence-corrected chi connectivity index (χ0v) is 13.5. The van der Waals surface area contributed by atoms with Crippen LogP contribution in [0.2, 0.25) is 0 Å². The molecule has 2 aromatic rings. The Balaban J connectivity index is 2.22. The van der Waals surface area contributed by atoms with Crippen molar-refractivity contribution in [1.82, 2.24) is 4.98 Å². The number of ketones is 1. The van der Waals surface area contributed by atoms with Gasteiger partial charge < -0.3 is 4.90 Å². The molecule has 0 fully saturated rings. The molecule has 2 rings (SSSR count). The van der Waals surface area contributed by atoms with Gasteiger partial charge in [-0.15, -0.1) is 11.3 Å². The molecule has 0 amide bonds. The molecule has 3 nitrogen and oxygen atoms in total. The molecular weight excluding hydrogens is 324 g/mol. The van der Waals surface area contributed by atoms with Crippen LogP contribution in [0.5, 0.6) is 0 Å². The summed E-state index contributed by atoms with van der Waals surface area (Å²) in [5, 5.41) is 0. The normalized spacial score (nSPS) is 10.5. The SMILES string of the molecule is CC(=O)c1ccc(N(C)Cc2scnc2C)c(Br)c1. The first kappa shape index (κ1) is 14.2. The van der Waals surface area contributed by atoms with Crippen LogP contribution in [0.15, 0.2) is 28.2 Å². The predicted octanol–water partition coefficient (Wildman–Crippen LogP) is 4.05. The Morgan fingerprint density at radius 3 is 2.74 bits per heavy atom. The first-order valence-electron chi connectivity index (χ1n) is 5.89. The second kappa shape index (κ2) is 5.84. The molecule has 1 aromatic heterocycles. The molecular formula is C14H15BrN2OS. The van der Waals surface area contributed by atoms with Crippen molar-refractivity contribution in [2.24, 2.45) is 0 Å². The van der Waals surface area contributed by atoms with Crippen molar-refractivity contribution < 1.29 is 4.79 Å². The number of anilines is 1. The average molecular weight is 339 g/mol. The lowest BCUT2D eigenvalue weighted by atomic mass is 10.1. The van der Waals surface area contributed by atoms with Crippen molar-refractivity contribution in [2.75, 3.05) is 11.9 Å². The fourth-order valence-corrected chi connectivity index (χ4v) is 3.33. The van der Waals surface area contributed by atoms with Crippen molar-refractivity contribution in [3.63, 3.8) is 0 Å². The topological polar surface area (TPSA) is 33.2 Å². The molecule has 0 bridgehead atoms. The van der Waals surface area contributed by atoms with Crippen LogP contribution in [0.1, 0.15) is 27.9 Å². The van der Waals surface area contributed by atoms with Gasteiger partial charge in [0.25, 0.3) is 0 Å². The Morgan fingerprint density at radius 2 is 2.21 bits per heavy atom. The van der Waals surface area contributed by atoms with Crippen molar-refractivity contribution in [3.05, 3.63) is 44.3 Å². The number of thiazole rings is 1. The highest BCUT2D eigenvalue weighted by molar-refractivity contribution is 9.10. The van der Waals surface area contributed by atoms with Gasteiger partial charge in [-0.3, -0.25) is 4.79 Å². The number of Topliss-reactive ketones (excluding diaryl/α,β-unsaturated/α-hetero) is 1. The van der Waals surface area contributed by atoms with Gasteiger partial charge in [0.05, 0.1) is 23.4 Å². The second-order valence-corrected chi connectivity index (χ2v) is 6.23. The van der Waals surface area contributed by atoms with E-state index in [1.54, 1.807) is 18.3 Å². The zero-order valence-electron chi connectivity index (χ0n) is 11.1. The van der Waals surface area contributed by atoms with Crippen LogP contribution in [-0.2, 0) is 6.54 Å². The van der Waals surface area contributed by atoms with Crippen LogP contribution < -0.4 is 4.90 Å². The first-order valence-corrected chi connectivity index (χ1v) is 7.57. The molecule has 0 N–H and O–H groups in total. The summed E-state index contributed by atoms with van der Waals surface area (Å²) in [6, 6.07) is 5.70. The minimum Gasteiger partial charge on any atom is -0.368 e. The molecule has 0 aliphatic heterocycles. The van der Waals surface area contributed by atoms with Gasteiger partial charge in [-0.2, -0.15) is 0 Å². The van der Waals surface area contributed by atoms with Gasteiger partial charge in [0.15, 0.2) is 5.78 Å². The number of aryl methyl sites for hydroxylation is 1. The Hall–Kier alpha value is -1.20. The number of nitrogens with zero attached hydrogens (tertiary/aromatic N) is 2. The Morgan fingerprint density at radius 1 is 1.47 bits per heavy atom. The van der Waals surface area contributed by atoms with Gasteiger partial charge in [0.1, 0.15) is 0 Å². The van der Waals surface area contributed by atoms with E-state index in [-0.39, 0.29) is 5.78 Å². The average Bonchev–Trinajstić information content (AvgIpc) is 2.74. The monoisotopic (exact) mass is 338 g/mol. The van der Waals surface area contributed by atoms with Gasteiger partial charge in [0, 0.05) is 22.0 Å². The van der Waals surface area contributed by atoms with Crippen LogP contribution in [0.3, 0.4) is 0 Å². The van der Waals surface area contributed by atoms with Gasteiger partial charge in [-0.25, -0.2) is 4.98 Å². The molecule has 0 unspecified atom stereocenters. The van der Waals surface area contributed by atoms with E-state index in [0.717, 1.165) is 28.0 Å². The number of carbonyl (C=O) groups is 1. The molecule has 0 saturated heterocycles. The molecule has 0 saturated carbocycles. The van der Waals surface area contributed by atoms with Crippen LogP contribution in [-0.4, -0.2) is 17.8 Å². The third-order valence-electron chi connectivity index (χ3n) is 2.99. The van der Waals surface area contributed by atoms with Crippen LogP contribution in [0.25, 0.3) is 0 Å². The van der Waals surface area contributed by atoms with E-state index in [4.69, 9.17) is 0 Å². The Labute approximate surface area is 125 Å². The lowest BCUT2D eigenvalue weighted by Gasteiger charge is -2.20. The minimum absolute atomic E-state index is 0.0770. The van der Waals surface area contributed by atoms with Gasteiger partial charge in [-0.1, -0.05) is 0 Å². The molecule has 1 aromatic carbocycles. The van der Waals surface area contributed by atoms with E-state index in [9.17, 15) is 4.79 Å². The maximum absolute atomic E-state index is 11.3. The van der Waals surface area contributed by atoms with E-state index < -0.39 is 0 Å². The third-order valence-corrected chi connectivity index (χ3v) is 4.55. The zero-order chi connectivity index (χ0) is 14.0. The maximum Gasteiger partial charge on any atom is 0.159 e. The van der Waals surface area contributed by atoms with Crippen LogP contribution in [0.4, 0.5) is 5.69 Å². The Kier molecular flexibility index (Phi) is 4.37. The number of rotatable bonds is 4. The van der Waals surface area contributed by atoms with Gasteiger partial charge in [0.2, 0.25) is 0 Å². The predicted molar refractivity (Wildman–Crippen MR) is 83.1 cm³/mol. The summed E-state index contributed by atoms with van der Waals surface area (Å²) in [6.07, 6.45) is 0. The number of hydrogen-bond acceptors (Lipinski definition) is 4. The number of aromatic nitrogens is 1. The lowest BCUT2D eigenvalue weighted by molar-refractivity contribution is 0.101. The van der Waals surface area contributed by atoms with Crippen molar-refractivity contribution >= 4 is 38.7 Å². The van der Waals surface area contributed by atoms with Gasteiger partial charge >= 0.3 is 0 Å². The first-order chi connectivity index (χ1) is 8.99. The molecule has 100 valence electrons. The van der Waals surface area contributed by atoms with Crippen molar-refractivity contribution in [1.29, 1.82) is 0 Å². The molecule has 0 aliphatic carbocycles. The fraction of sp³-hybridized carbons (Fsp3) is 0.286. The Bertz CT molecular complexity index is 609. The van der Waals surface area contributed by atoms with E-state index in [0.29, 0.717) is 0 Å². The highest BCUT2D eigenvalue weighted by Gasteiger charge is 2.11. The molecule has 0 atom stereocenters. The lowest BCUT2D eigenvalue weighted by Crippen LogP contribution is -2.16.